The molecule has 1 aromatic heterocycles. The van der Waals surface area contributed by atoms with Crippen molar-refractivity contribution >= 4 is 22.9 Å². The summed E-state index contributed by atoms with van der Waals surface area (Å²) in [6.07, 6.45) is 3.72. The quantitative estimate of drug-likeness (QED) is 0.716. The molecule has 1 nitrogen and oxygen atoms in total. The molecule has 2 unspecified atom stereocenters. The maximum Gasteiger partial charge on any atom is 0.0703 e. The van der Waals surface area contributed by atoms with Crippen LogP contribution < -0.4 is 0 Å². The van der Waals surface area contributed by atoms with Crippen LogP contribution in [0, 0.1) is 6.92 Å². The average molecular weight is 231 g/mol. The minimum atomic E-state index is 0.136. The molecule has 14 heavy (non-hydrogen) atoms. The van der Waals surface area contributed by atoms with E-state index >= 15 is 0 Å². The van der Waals surface area contributed by atoms with Gasteiger partial charge in [-0.3, -0.25) is 0 Å². The van der Waals surface area contributed by atoms with Gasteiger partial charge in [-0.05, 0) is 38.3 Å². The summed E-state index contributed by atoms with van der Waals surface area (Å²) < 4.78 is 5.57. The van der Waals surface area contributed by atoms with Crippen LogP contribution in [0.3, 0.4) is 0 Å². The molecule has 0 aliphatic carbocycles. The molecule has 0 radical (unpaired) electrons. The molecule has 2 rings (SSSR count). The second-order valence-corrected chi connectivity index (χ2v) is 5.63. The number of ether oxygens (including phenoxy) is 1. The predicted molar refractivity (Wildman–Crippen MR) is 61.2 cm³/mol. The lowest BCUT2D eigenvalue weighted by atomic mass is 10.1. The van der Waals surface area contributed by atoms with Gasteiger partial charge in [-0.2, -0.15) is 0 Å². The van der Waals surface area contributed by atoms with E-state index in [9.17, 15) is 0 Å². The summed E-state index contributed by atoms with van der Waals surface area (Å²) in [5.74, 6) is 0. The molecule has 0 N–H and O–H groups in total. The van der Waals surface area contributed by atoms with Crippen LogP contribution in [0.1, 0.15) is 34.4 Å². The summed E-state index contributed by atoms with van der Waals surface area (Å²) in [4.78, 5) is 2.61. The van der Waals surface area contributed by atoms with Crippen molar-refractivity contribution in [2.75, 3.05) is 6.61 Å². The molecule has 1 fully saturated rings. The van der Waals surface area contributed by atoms with Gasteiger partial charge in [0.15, 0.2) is 0 Å². The lowest BCUT2D eigenvalue weighted by Gasteiger charge is -2.12. The van der Waals surface area contributed by atoms with Crippen LogP contribution in [0.5, 0.6) is 0 Å². The fraction of sp³-hybridized carbons (Fsp3) is 0.636. The van der Waals surface area contributed by atoms with Crippen LogP contribution in [-0.4, -0.2) is 12.7 Å². The SMILES string of the molecule is Cc1ccc(C(Cl)CC2CCCO2)s1. The summed E-state index contributed by atoms with van der Waals surface area (Å²) in [7, 11) is 0. The Morgan fingerprint density at radius 1 is 1.64 bits per heavy atom. The maximum absolute atomic E-state index is 6.33. The fourth-order valence-electron chi connectivity index (χ4n) is 1.80. The molecule has 0 bridgehead atoms. The predicted octanol–water partition coefficient (Wildman–Crippen LogP) is 3.91. The largest absolute Gasteiger partial charge is 0.378 e. The summed E-state index contributed by atoms with van der Waals surface area (Å²) in [5.41, 5.74) is 0. The second-order valence-electron chi connectivity index (χ2n) is 3.79. The van der Waals surface area contributed by atoms with Crippen LogP contribution in [0.25, 0.3) is 0 Å². The number of thiophene rings is 1. The normalized spacial score (nSPS) is 24.0. The van der Waals surface area contributed by atoms with Crippen molar-refractivity contribution in [1.82, 2.24) is 0 Å². The molecule has 0 spiro atoms. The van der Waals surface area contributed by atoms with Gasteiger partial charge in [0.2, 0.25) is 0 Å². The third-order valence-corrected chi connectivity index (χ3v) is 4.22. The van der Waals surface area contributed by atoms with Crippen molar-refractivity contribution < 1.29 is 4.74 Å². The second kappa shape index (κ2) is 4.65. The van der Waals surface area contributed by atoms with E-state index in [1.165, 1.54) is 22.6 Å². The maximum atomic E-state index is 6.33. The van der Waals surface area contributed by atoms with Crippen LogP contribution >= 0.6 is 22.9 Å². The van der Waals surface area contributed by atoms with Gasteiger partial charge in [0.05, 0.1) is 11.5 Å². The average Bonchev–Trinajstić information content (AvgIpc) is 2.75. The van der Waals surface area contributed by atoms with Crippen LogP contribution in [0.4, 0.5) is 0 Å². The third-order valence-electron chi connectivity index (χ3n) is 2.56. The van der Waals surface area contributed by atoms with Gasteiger partial charge >= 0.3 is 0 Å². The van der Waals surface area contributed by atoms with Gasteiger partial charge in [0, 0.05) is 16.4 Å². The number of hydrogen-bond acceptors (Lipinski definition) is 2. The van der Waals surface area contributed by atoms with E-state index in [0.29, 0.717) is 6.10 Å². The Bertz CT molecular complexity index is 291. The number of aryl methyl sites for hydroxylation is 1. The van der Waals surface area contributed by atoms with Crippen molar-refractivity contribution in [2.24, 2.45) is 0 Å². The third kappa shape index (κ3) is 2.50. The first kappa shape index (κ1) is 10.5. The van der Waals surface area contributed by atoms with Crippen molar-refractivity contribution in [3.05, 3.63) is 21.9 Å². The number of alkyl halides is 1. The topological polar surface area (TPSA) is 9.23 Å². The van der Waals surface area contributed by atoms with Crippen LogP contribution in [0.2, 0.25) is 0 Å². The highest BCUT2D eigenvalue weighted by atomic mass is 35.5. The van der Waals surface area contributed by atoms with E-state index in [-0.39, 0.29) is 5.38 Å². The lowest BCUT2D eigenvalue weighted by Crippen LogP contribution is -2.07. The molecule has 2 atom stereocenters. The van der Waals surface area contributed by atoms with Gasteiger partial charge in [0.1, 0.15) is 0 Å². The van der Waals surface area contributed by atoms with Crippen molar-refractivity contribution in [1.29, 1.82) is 0 Å². The summed E-state index contributed by atoms with van der Waals surface area (Å²) in [6.45, 7) is 3.03. The molecule has 1 saturated heterocycles. The highest BCUT2D eigenvalue weighted by molar-refractivity contribution is 7.12. The molecule has 1 aromatic rings. The van der Waals surface area contributed by atoms with E-state index in [1.807, 2.05) is 0 Å². The first-order valence-electron chi connectivity index (χ1n) is 5.07. The van der Waals surface area contributed by atoms with Crippen LogP contribution in [0.15, 0.2) is 12.1 Å². The van der Waals surface area contributed by atoms with Crippen molar-refractivity contribution in [2.45, 2.75) is 37.7 Å². The van der Waals surface area contributed by atoms with Gasteiger partial charge in [-0.1, -0.05) is 0 Å². The molecule has 0 amide bonds. The Morgan fingerprint density at radius 3 is 3.07 bits per heavy atom. The molecule has 1 aliphatic rings. The zero-order valence-electron chi connectivity index (χ0n) is 8.33. The van der Waals surface area contributed by atoms with Gasteiger partial charge < -0.3 is 4.74 Å². The number of rotatable bonds is 3. The Labute approximate surface area is 94.0 Å². The monoisotopic (exact) mass is 230 g/mol. The summed E-state index contributed by atoms with van der Waals surface area (Å²) >= 11 is 8.12. The minimum Gasteiger partial charge on any atom is -0.378 e. The van der Waals surface area contributed by atoms with E-state index in [0.717, 1.165) is 13.0 Å². The van der Waals surface area contributed by atoms with Gasteiger partial charge in [-0.25, -0.2) is 0 Å². The van der Waals surface area contributed by atoms with Gasteiger partial charge in [0.25, 0.3) is 0 Å². The highest BCUT2D eigenvalue weighted by Gasteiger charge is 2.21. The molecule has 2 heterocycles. The number of halogens is 1. The first-order chi connectivity index (χ1) is 6.75. The Kier molecular flexibility index (Phi) is 3.47. The standard InChI is InChI=1S/C11H15ClOS/c1-8-4-5-11(14-8)10(12)7-9-3-2-6-13-9/h4-5,9-10H,2-3,6-7H2,1H3. The van der Waals surface area contributed by atoms with Gasteiger partial charge in [-0.15, -0.1) is 22.9 Å². The Morgan fingerprint density at radius 2 is 2.50 bits per heavy atom. The van der Waals surface area contributed by atoms with E-state index in [2.05, 4.69) is 19.1 Å². The lowest BCUT2D eigenvalue weighted by molar-refractivity contribution is 0.103. The van der Waals surface area contributed by atoms with E-state index < -0.39 is 0 Å². The molecule has 1 aliphatic heterocycles. The first-order valence-corrected chi connectivity index (χ1v) is 6.33. The molecule has 78 valence electrons. The zero-order valence-corrected chi connectivity index (χ0v) is 9.90. The summed E-state index contributed by atoms with van der Waals surface area (Å²) in [6, 6.07) is 4.26. The zero-order chi connectivity index (χ0) is 9.97. The Balaban J connectivity index is 1.91. The van der Waals surface area contributed by atoms with E-state index in [1.54, 1.807) is 11.3 Å². The van der Waals surface area contributed by atoms with Crippen molar-refractivity contribution in [3.63, 3.8) is 0 Å². The van der Waals surface area contributed by atoms with E-state index in [4.69, 9.17) is 16.3 Å². The minimum absolute atomic E-state index is 0.136. The molecule has 0 saturated carbocycles. The molecule has 3 heteroatoms. The fourth-order valence-corrected chi connectivity index (χ4v) is 3.07. The Hall–Kier alpha value is -0.0500. The smallest absolute Gasteiger partial charge is 0.0703 e. The van der Waals surface area contributed by atoms with Crippen molar-refractivity contribution in [3.8, 4) is 0 Å². The molecular weight excluding hydrogens is 216 g/mol. The highest BCUT2D eigenvalue weighted by Crippen LogP contribution is 2.33. The van der Waals surface area contributed by atoms with Crippen LogP contribution in [-0.2, 0) is 4.74 Å². The summed E-state index contributed by atoms with van der Waals surface area (Å²) in [5, 5.41) is 0.136. The number of hydrogen-bond donors (Lipinski definition) is 0. The molecular formula is C11H15ClOS. The molecule has 0 aromatic carbocycles.